The SMILES string of the molecule is CCOC(=O)CNC(=O)[C@H](c1ccc(C)o1)N(C(=O)c1snc(C(N)=O)c1N)c1ccccc1OCC. The van der Waals surface area contributed by atoms with Crippen LogP contribution in [0.5, 0.6) is 5.75 Å². The average molecular weight is 530 g/mol. The van der Waals surface area contributed by atoms with Crippen molar-refractivity contribution in [2.75, 3.05) is 30.4 Å². The van der Waals surface area contributed by atoms with Crippen molar-refractivity contribution in [3.8, 4) is 5.75 Å². The number of hydrogen-bond donors (Lipinski definition) is 3. The highest BCUT2D eigenvalue weighted by atomic mass is 32.1. The minimum absolute atomic E-state index is 0.108. The molecule has 0 spiro atoms. The summed E-state index contributed by atoms with van der Waals surface area (Å²) >= 11 is 0.665. The number of primary amides is 1. The average Bonchev–Trinajstić information content (AvgIpc) is 3.47. The Morgan fingerprint density at radius 2 is 1.86 bits per heavy atom. The van der Waals surface area contributed by atoms with Gasteiger partial charge in [-0.2, -0.15) is 4.37 Å². The molecule has 0 fully saturated rings. The van der Waals surface area contributed by atoms with Crippen molar-refractivity contribution < 1.29 is 33.1 Å². The number of aryl methyl sites for hydroxylation is 1. The number of carbonyl (C=O) groups excluding carboxylic acids is 4. The van der Waals surface area contributed by atoms with Gasteiger partial charge in [-0.3, -0.25) is 24.1 Å². The molecule has 3 rings (SSSR count). The summed E-state index contributed by atoms with van der Waals surface area (Å²) < 4.78 is 20.3. The Bertz CT molecular complexity index is 1300. The number of rotatable bonds is 11. The molecule has 0 aliphatic heterocycles. The van der Waals surface area contributed by atoms with Crippen LogP contribution >= 0.6 is 11.5 Å². The van der Waals surface area contributed by atoms with Gasteiger partial charge in [-0.25, -0.2) is 0 Å². The van der Waals surface area contributed by atoms with Crippen LogP contribution < -0.4 is 26.4 Å². The van der Waals surface area contributed by atoms with Gasteiger partial charge >= 0.3 is 5.97 Å². The van der Waals surface area contributed by atoms with E-state index in [9.17, 15) is 19.2 Å². The molecule has 0 aliphatic rings. The van der Waals surface area contributed by atoms with Gasteiger partial charge in [0.1, 0.15) is 28.7 Å². The number of furan rings is 1. The highest BCUT2D eigenvalue weighted by Crippen LogP contribution is 2.38. The fraction of sp³-hybridized carbons (Fsp3) is 0.292. The first-order valence-corrected chi connectivity index (χ1v) is 12.1. The van der Waals surface area contributed by atoms with Gasteiger partial charge in [-0.15, -0.1) is 0 Å². The fourth-order valence-electron chi connectivity index (χ4n) is 3.48. The predicted octanol–water partition coefficient (Wildman–Crippen LogP) is 2.19. The van der Waals surface area contributed by atoms with Crippen LogP contribution in [0.25, 0.3) is 0 Å². The number of nitrogen functional groups attached to an aromatic ring is 1. The van der Waals surface area contributed by atoms with Crippen LogP contribution in [0.4, 0.5) is 11.4 Å². The molecule has 3 amide bonds. The number of esters is 1. The van der Waals surface area contributed by atoms with Gasteiger partial charge in [0, 0.05) is 0 Å². The van der Waals surface area contributed by atoms with Gasteiger partial charge in [-0.05, 0) is 56.6 Å². The van der Waals surface area contributed by atoms with Gasteiger partial charge in [0.05, 0.1) is 24.6 Å². The maximum Gasteiger partial charge on any atom is 0.325 e. The molecule has 3 aromatic rings. The summed E-state index contributed by atoms with van der Waals surface area (Å²) in [6.07, 6.45) is 0. The van der Waals surface area contributed by atoms with E-state index in [4.69, 9.17) is 25.4 Å². The second-order valence-electron chi connectivity index (χ2n) is 7.59. The van der Waals surface area contributed by atoms with Crippen molar-refractivity contribution in [3.05, 3.63) is 58.5 Å². The first-order chi connectivity index (χ1) is 17.7. The molecule has 2 heterocycles. The number of nitrogens with two attached hydrogens (primary N) is 2. The number of para-hydroxylation sites is 2. The van der Waals surface area contributed by atoms with E-state index >= 15 is 0 Å². The van der Waals surface area contributed by atoms with Crippen molar-refractivity contribution in [2.45, 2.75) is 26.8 Å². The van der Waals surface area contributed by atoms with Gasteiger partial charge in [-0.1, -0.05) is 12.1 Å². The Labute approximate surface area is 216 Å². The van der Waals surface area contributed by atoms with E-state index in [-0.39, 0.29) is 40.9 Å². The highest BCUT2D eigenvalue weighted by molar-refractivity contribution is 7.09. The molecule has 1 aromatic carbocycles. The van der Waals surface area contributed by atoms with E-state index < -0.39 is 36.3 Å². The molecule has 0 bridgehead atoms. The minimum atomic E-state index is -1.41. The molecular formula is C24H27N5O7S. The first kappa shape index (κ1) is 27.2. The highest BCUT2D eigenvalue weighted by Gasteiger charge is 2.39. The normalized spacial score (nSPS) is 11.4. The molecule has 0 aliphatic carbocycles. The number of aromatic nitrogens is 1. The third-order valence-corrected chi connectivity index (χ3v) is 5.90. The molecule has 196 valence electrons. The standard InChI is InChI=1S/C24H27N5O7S/c1-4-34-15-9-7-6-8-14(15)29(24(33)21-18(25)19(22(26)31)28-37-21)20(16-11-10-13(3)36-16)23(32)27-12-17(30)35-5-2/h6-11,20H,4-5,12,25H2,1-3H3,(H2,26,31)(H,27,32)/t20-/m0/s1. The Balaban J connectivity index is 2.19. The lowest BCUT2D eigenvalue weighted by Crippen LogP contribution is -2.45. The summed E-state index contributed by atoms with van der Waals surface area (Å²) in [5.41, 5.74) is 11.1. The maximum atomic E-state index is 14.0. The van der Waals surface area contributed by atoms with E-state index in [1.165, 1.54) is 0 Å². The van der Waals surface area contributed by atoms with Crippen LogP contribution in [0.1, 0.15) is 51.6 Å². The second-order valence-corrected chi connectivity index (χ2v) is 8.36. The van der Waals surface area contributed by atoms with E-state index in [1.807, 2.05) is 0 Å². The van der Waals surface area contributed by atoms with Gasteiger partial charge in [0.15, 0.2) is 11.7 Å². The molecule has 13 heteroatoms. The molecule has 1 atom stereocenters. The molecule has 0 unspecified atom stereocenters. The smallest absolute Gasteiger partial charge is 0.325 e. The van der Waals surface area contributed by atoms with Crippen LogP contribution in [0.2, 0.25) is 0 Å². The lowest BCUT2D eigenvalue weighted by Gasteiger charge is -2.30. The molecule has 37 heavy (non-hydrogen) atoms. The van der Waals surface area contributed by atoms with Crippen LogP contribution in [-0.2, 0) is 14.3 Å². The Hall–Kier alpha value is -4.39. The molecule has 0 radical (unpaired) electrons. The maximum absolute atomic E-state index is 14.0. The third-order valence-electron chi connectivity index (χ3n) is 5.05. The lowest BCUT2D eigenvalue weighted by atomic mass is 10.1. The largest absolute Gasteiger partial charge is 0.492 e. The van der Waals surface area contributed by atoms with Crippen LogP contribution in [0.15, 0.2) is 40.8 Å². The molecule has 12 nitrogen and oxygen atoms in total. The summed E-state index contributed by atoms with van der Waals surface area (Å²) in [5, 5.41) is 2.50. The van der Waals surface area contributed by atoms with Crippen LogP contribution in [-0.4, -0.2) is 47.8 Å². The molecule has 0 saturated heterocycles. The van der Waals surface area contributed by atoms with Gasteiger partial charge < -0.3 is 30.7 Å². The minimum Gasteiger partial charge on any atom is -0.492 e. The monoisotopic (exact) mass is 529 g/mol. The number of amides is 3. The van der Waals surface area contributed by atoms with Crippen molar-refractivity contribution in [1.82, 2.24) is 9.69 Å². The summed E-state index contributed by atoms with van der Waals surface area (Å²) in [6, 6.07) is 8.33. The van der Waals surface area contributed by atoms with Crippen molar-refractivity contribution >= 4 is 46.6 Å². The van der Waals surface area contributed by atoms with Crippen molar-refractivity contribution in [1.29, 1.82) is 0 Å². The zero-order valence-corrected chi connectivity index (χ0v) is 21.3. The van der Waals surface area contributed by atoms with E-state index in [1.54, 1.807) is 57.2 Å². The fourth-order valence-corrected chi connectivity index (χ4v) is 4.22. The van der Waals surface area contributed by atoms with Crippen molar-refractivity contribution in [2.24, 2.45) is 5.73 Å². The summed E-state index contributed by atoms with van der Waals surface area (Å²) in [4.78, 5) is 52.2. The molecule has 2 aromatic heterocycles. The number of ether oxygens (including phenoxy) is 2. The number of anilines is 2. The third kappa shape index (κ3) is 6.06. The first-order valence-electron chi connectivity index (χ1n) is 11.3. The lowest BCUT2D eigenvalue weighted by molar-refractivity contribution is -0.143. The van der Waals surface area contributed by atoms with E-state index in [0.717, 1.165) is 4.90 Å². The van der Waals surface area contributed by atoms with Gasteiger partial charge in [0.25, 0.3) is 17.7 Å². The zero-order valence-electron chi connectivity index (χ0n) is 20.5. The van der Waals surface area contributed by atoms with Crippen LogP contribution in [0.3, 0.4) is 0 Å². The molecule has 5 N–H and O–H groups in total. The van der Waals surface area contributed by atoms with Crippen LogP contribution in [0, 0.1) is 6.92 Å². The number of hydrogen-bond acceptors (Lipinski definition) is 10. The van der Waals surface area contributed by atoms with E-state index in [2.05, 4.69) is 9.69 Å². The van der Waals surface area contributed by atoms with E-state index in [0.29, 0.717) is 23.0 Å². The topological polar surface area (TPSA) is 180 Å². The zero-order chi connectivity index (χ0) is 27.1. The molecular weight excluding hydrogens is 502 g/mol. The number of carbonyl (C=O) groups is 4. The number of benzene rings is 1. The summed E-state index contributed by atoms with van der Waals surface area (Å²) in [7, 11) is 0. The summed E-state index contributed by atoms with van der Waals surface area (Å²) in [5.74, 6) is -2.17. The van der Waals surface area contributed by atoms with Crippen molar-refractivity contribution in [3.63, 3.8) is 0 Å². The summed E-state index contributed by atoms with van der Waals surface area (Å²) in [6.45, 7) is 5.05. The Morgan fingerprint density at radius 1 is 1.14 bits per heavy atom. The quantitative estimate of drug-likeness (QED) is 0.314. The Kier molecular flexibility index (Phi) is 8.85. The second kappa shape index (κ2) is 12.0. The molecule has 0 saturated carbocycles. The predicted molar refractivity (Wildman–Crippen MR) is 135 cm³/mol. The number of nitrogens with zero attached hydrogens (tertiary/aromatic N) is 2. The number of nitrogens with one attached hydrogen (secondary N) is 1. The van der Waals surface area contributed by atoms with Gasteiger partial charge in [0.2, 0.25) is 0 Å². The Morgan fingerprint density at radius 3 is 2.46 bits per heavy atom.